The van der Waals surface area contributed by atoms with Crippen LogP contribution in [0.15, 0.2) is 0 Å². The molecular formula is C14H29N3O2. The SMILES string of the molecule is C[C@@H]1CN(C[C@@H](O)CN2CCCNCC2)C[C@H](C)O1. The molecule has 2 heterocycles. The van der Waals surface area contributed by atoms with Crippen molar-refractivity contribution in [1.82, 2.24) is 15.1 Å². The normalized spacial score (nSPS) is 33.0. The second kappa shape index (κ2) is 7.55. The summed E-state index contributed by atoms with van der Waals surface area (Å²) in [6.07, 6.45) is 1.48. The van der Waals surface area contributed by atoms with Crippen LogP contribution in [-0.2, 0) is 4.74 Å². The molecule has 112 valence electrons. The maximum atomic E-state index is 10.3. The van der Waals surface area contributed by atoms with Gasteiger partial charge in [0.1, 0.15) is 0 Å². The highest BCUT2D eigenvalue weighted by Crippen LogP contribution is 2.11. The van der Waals surface area contributed by atoms with Crippen LogP contribution in [0.4, 0.5) is 0 Å². The van der Waals surface area contributed by atoms with Gasteiger partial charge in [-0.1, -0.05) is 0 Å². The summed E-state index contributed by atoms with van der Waals surface area (Å²) < 4.78 is 5.72. The van der Waals surface area contributed by atoms with Crippen molar-refractivity contribution in [3.8, 4) is 0 Å². The molecule has 0 spiro atoms. The van der Waals surface area contributed by atoms with Gasteiger partial charge in [-0.15, -0.1) is 0 Å². The van der Waals surface area contributed by atoms with Crippen LogP contribution in [0, 0.1) is 0 Å². The highest BCUT2D eigenvalue weighted by molar-refractivity contribution is 4.77. The Kier molecular flexibility index (Phi) is 6.04. The van der Waals surface area contributed by atoms with E-state index in [0.29, 0.717) is 0 Å². The standard InChI is InChI=1S/C14H29N3O2/c1-12-8-17(9-13(2)19-12)11-14(18)10-16-6-3-4-15-5-7-16/h12-15,18H,3-11H2,1-2H3/t12-,13+,14-/m0/s1. The molecule has 2 N–H and O–H groups in total. The Morgan fingerprint density at radius 2 is 1.79 bits per heavy atom. The van der Waals surface area contributed by atoms with Gasteiger partial charge in [0.2, 0.25) is 0 Å². The lowest BCUT2D eigenvalue weighted by Crippen LogP contribution is -2.49. The topological polar surface area (TPSA) is 48.0 Å². The van der Waals surface area contributed by atoms with Gasteiger partial charge in [0.05, 0.1) is 18.3 Å². The molecule has 0 saturated carbocycles. The minimum absolute atomic E-state index is 0.254. The molecule has 2 aliphatic heterocycles. The van der Waals surface area contributed by atoms with Crippen molar-refractivity contribution in [1.29, 1.82) is 0 Å². The van der Waals surface area contributed by atoms with Crippen LogP contribution in [0.2, 0.25) is 0 Å². The monoisotopic (exact) mass is 271 g/mol. The number of nitrogens with one attached hydrogen (secondary N) is 1. The van der Waals surface area contributed by atoms with E-state index in [4.69, 9.17) is 4.74 Å². The molecule has 0 aliphatic carbocycles. The van der Waals surface area contributed by atoms with Gasteiger partial charge < -0.3 is 15.2 Å². The first kappa shape index (κ1) is 15.2. The molecule has 2 rings (SSSR count). The van der Waals surface area contributed by atoms with E-state index in [9.17, 15) is 5.11 Å². The number of β-amino-alcohol motifs (C(OH)–C–C–N with tert-alkyl or cyclic N) is 1. The van der Waals surface area contributed by atoms with Crippen LogP contribution >= 0.6 is 0 Å². The van der Waals surface area contributed by atoms with Gasteiger partial charge in [-0.25, -0.2) is 0 Å². The summed E-state index contributed by atoms with van der Waals surface area (Å²) >= 11 is 0. The number of aliphatic hydroxyl groups is 1. The van der Waals surface area contributed by atoms with E-state index < -0.39 is 0 Å². The lowest BCUT2D eigenvalue weighted by atomic mass is 10.2. The molecule has 5 heteroatoms. The Morgan fingerprint density at radius 1 is 1.11 bits per heavy atom. The molecular weight excluding hydrogens is 242 g/mol. The lowest BCUT2D eigenvalue weighted by Gasteiger charge is -2.37. The van der Waals surface area contributed by atoms with Gasteiger partial charge in [-0.3, -0.25) is 9.80 Å². The Bertz CT molecular complexity index is 247. The van der Waals surface area contributed by atoms with E-state index >= 15 is 0 Å². The molecule has 3 atom stereocenters. The molecule has 0 aromatic heterocycles. The van der Waals surface area contributed by atoms with E-state index in [0.717, 1.165) is 52.4 Å². The predicted octanol–water partition coefficient (Wildman–Crippen LogP) is -0.248. The second-order valence-corrected chi connectivity index (χ2v) is 6.03. The zero-order chi connectivity index (χ0) is 13.7. The van der Waals surface area contributed by atoms with Crippen LogP contribution in [0.3, 0.4) is 0 Å². The third kappa shape index (κ3) is 5.36. The Balaban J connectivity index is 1.72. The fourth-order valence-electron chi connectivity index (χ4n) is 3.17. The molecule has 0 radical (unpaired) electrons. The average molecular weight is 271 g/mol. The van der Waals surface area contributed by atoms with Crippen molar-refractivity contribution in [2.75, 3.05) is 52.4 Å². The Labute approximate surface area is 116 Å². The quantitative estimate of drug-likeness (QED) is 0.738. The minimum atomic E-state index is -0.254. The summed E-state index contributed by atoms with van der Waals surface area (Å²) in [5.74, 6) is 0. The fraction of sp³-hybridized carbons (Fsp3) is 1.00. The Hall–Kier alpha value is -0.200. The first-order valence-electron chi connectivity index (χ1n) is 7.62. The number of nitrogens with zero attached hydrogens (tertiary/aromatic N) is 2. The second-order valence-electron chi connectivity index (χ2n) is 6.03. The van der Waals surface area contributed by atoms with E-state index in [1.54, 1.807) is 0 Å². The maximum Gasteiger partial charge on any atom is 0.0793 e. The number of rotatable bonds is 4. The van der Waals surface area contributed by atoms with Gasteiger partial charge >= 0.3 is 0 Å². The zero-order valence-corrected chi connectivity index (χ0v) is 12.3. The summed E-state index contributed by atoms with van der Waals surface area (Å²) in [7, 11) is 0. The molecule has 0 bridgehead atoms. The fourth-order valence-corrected chi connectivity index (χ4v) is 3.17. The molecule has 19 heavy (non-hydrogen) atoms. The summed E-state index contributed by atoms with van der Waals surface area (Å²) in [5, 5.41) is 13.7. The van der Waals surface area contributed by atoms with Crippen molar-refractivity contribution in [3.63, 3.8) is 0 Å². The van der Waals surface area contributed by atoms with Crippen molar-refractivity contribution >= 4 is 0 Å². The predicted molar refractivity (Wildman–Crippen MR) is 76.4 cm³/mol. The molecule has 0 aromatic carbocycles. The Morgan fingerprint density at radius 3 is 2.53 bits per heavy atom. The van der Waals surface area contributed by atoms with Gasteiger partial charge in [0.25, 0.3) is 0 Å². The number of hydrogen-bond donors (Lipinski definition) is 2. The van der Waals surface area contributed by atoms with E-state index in [1.807, 2.05) is 0 Å². The summed E-state index contributed by atoms with van der Waals surface area (Å²) in [5.41, 5.74) is 0. The van der Waals surface area contributed by atoms with Crippen LogP contribution in [0.1, 0.15) is 20.3 Å². The molecule has 2 aliphatic rings. The van der Waals surface area contributed by atoms with Crippen LogP contribution in [0.25, 0.3) is 0 Å². The van der Waals surface area contributed by atoms with Crippen LogP contribution < -0.4 is 5.32 Å². The molecule has 2 fully saturated rings. The lowest BCUT2D eigenvalue weighted by molar-refractivity contribution is -0.0779. The summed E-state index contributed by atoms with van der Waals surface area (Å²) in [6.45, 7) is 11.9. The minimum Gasteiger partial charge on any atom is -0.390 e. The smallest absolute Gasteiger partial charge is 0.0793 e. The number of ether oxygens (including phenoxy) is 1. The van der Waals surface area contributed by atoms with Crippen LogP contribution in [-0.4, -0.2) is 85.6 Å². The molecule has 5 nitrogen and oxygen atoms in total. The highest BCUT2D eigenvalue weighted by Gasteiger charge is 2.24. The molecule has 0 unspecified atom stereocenters. The molecule has 0 aromatic rings. The largest absolute Gasteiger partial charge is 0.390 e. The summed E-state index contributed by atoms with van der Waals surface area (Å²) in [6, 6.07) is 0. The van der Waals surface area contributed by atoms with E-state index in [-0.39, 0.29) is 18.3 Å². The summed E-state index contributed by atoms with van der Waals surface area (Å²) in [4.78, 5) is 4.71. The number of morpholine rings is 1. The zero-order valence-electron chi connectivity index (χ0n) is 12.3. The molecule has 0 amide bonds. The van der Waals surface area contributed by atoms with E-state index in [1.165, 1.54) is 6.42 Å². The highest BCUT2D eigenvalue weighted by atomic mass is 16.5. The van der Waals surface area contributed by atoms with Crippen molar-refractivity contribution < 1.29 is 9.84 Å². The number of aliphatic hydroxyl groups excluding tert-OH is 1. The van der Waals surface area contributed by atoms with Crippen molar-refractivity contribution in [3.05, 3.63) is 0 Å². The van der Waals surface area contributed by atoms with E-state index in [2.05, 4.69) is 29.0 Å². The van der Waals surface area contributed by atoms with Gasteiger partial charge in [0, 0.05) is 39.3 Å². The first-order valence-corrected chi connectivity index (χ1v) is 7.62. The number of hydrogen-bond acceptors (Lipinski definition) is 5. The average Bonchev–Trinajstić information content (AvgIpc) is 2.55. The third-order valence-corrected chi connectivity index (χ3v) is 3.87. The third-order valence-electron chi connectivity index (χ3n) is 3.87. The van der Waals surface area contributed by atoms with Gasteiger partial charge in [-0.05, 0) is 33.4 Å². The first-order chi connectivity index (χ1) is 9.13. The van der Waals surface area contributed by atoms with Gasteiger partial charge in [0.15, 0.2) is 0 Å². The molecule has 2 saturated heterocycles. The van der Waals surface area contributed by atoms with Crippen molar-refractivity contribution in [2.45, 2.75) is 38.6 Å². The van der Waals surface area contributed by atoms with Crippen molar-refractivity contribution in [2.24, 2.45) is 0 Å². The van der Waals surface area contributed by atoms with Crippen LogP contribution in [0.5, 0.6) is 0 Å². The van der Waals surface area contributed by atoms with Gasteiger partial charge in [-0.2, -0.15) is 0 Å². The maximum absolute atomic E-state index is 10.3.